The number of anilines is 1. The van der Waals surface area contributed by atoms with E-state index in [0.29, 0.717) is 5.02 Å². The maximum Gasteiger partial charge on any atom is 0.271 e. The number of carbonyl (C=O) groups excluding carboxylic acids is 2. The van der Waals surface area contributed by atoms with Crippen LogP contribution in [0.5, 0.6) is 0 Å². The fourth-order valence-electron chi connectivity index (χ4n) is 1.26. The zero-order valence-corrected chi connectivity index (χ0v) is 12.2. The molecule has 1 amide bonds. The summed E-state index contributed by atoms with van der Waals surface area (Å²) in [4.78, 5) is 26.7. The molecule has 0 spiro atoms. The Morgan fingerprint density at radius 2 is 2.00 bits per heavy atom. The van der Waals surface area contributed by atoms with Gasteiger partial charge in [0.15, 0.2) is 5.13 Å². The minimum absolute atomic E-state index is 0.0872. The third-order valence-corrected chi connectivity index (χ3v) is 3.60. The molecule has 1 aromatic heterocycles. The van der Waals surface area contributed by atoms with E-state index in [0.717, 1.165) is 11.3 Å². The zero-order valence-electron chi connectivity index (χ0n) is 9.12. The van der Waals surface area contributed by atoms with Crippen LogP contribution < -0.4 is 5.32 Å². The minimum atomic E-state index is -0.679. The molecule has 1 aromatic carbocycles. The summed E-state index contributed by atoms with van der Waals surface area (Å²) in [5.74, 6) is -0.440. The fourth-order valence-corrected chi connectivity index (χ4v) is 2.60. The van der Waals surface area contributed by atoms with Crippen LogP contribution in [-0.2, 0) is 0 Å². The molecule has 0 bridgehead atoms. The van der Waals surface area contributed by atoms with Gasteiger partial charge in [0, 0.05) is 10.4 Å². The summed E-state index contributed by atoms with van der Waals surface area (Å²) in [6.07, 6.45) is 0. The standard InChI is InChI=1S/C11H5Cl3N2O2S/c12-5-1-2-6(7(13)3-5)10(18)16-11-15-8(4-19-11)9(14)17/h1-4H,(H,15,16,18). The smallest absolute Gasteiger partial charge is 0.271 e. The number of hydrogen-bond donors (Lipinski definition) is 1. The fraction of sp³-hybridized carbons (Fsp3) is 0. The first-order valence-electron chi connectivity index (χ1n) is 4.89. The third kappa shape index (κ3) is 3.45. The molecule has 19 heavy (non-hydrogen) atoms. The molecule has 0 atom stereocenters. The van der Waals surface area contributed by atoms with Crippen LogP contribution in [0.2, 0.25) is 10.0 Å². The van der Waals surface area contributed by atoms with Crippen LogP contribution in [0.1, 0.15) is 20.8 Å². The van der Waals surface area contributed by atoms with E-state index < -0.39 is 11.1 Å². The second kappa shape index (κ2) is 5.88. The maximum atomic E-state index is 11.9. The molecule has 98 valence electrons. The van der Waals surface area contributed by atoms with Crippen molar-refractivity contribution >= 4 is 62.4 Å². The lowest BCUT2D eigenvalue weighted by Crippen LogP contribution is -2.12. The summed E-state index contributed by atoms with van der Waals surface area (Å²) in [5.41, 5.74) is 0.351. The average molecular weight is 336 g/mol. The number of hydrogen-bond acceptors (Lipinski definition) is 4. The van der Waals surface area contributed by atoms with Gasteiger partial charge in [0.25, 0.3) is 11.1 Å². The quantitative estimate of drug-likeness (QED) is 0.860. The lowest BCUT2D eigenvalue weighted by molar-refractivity contribution is 0.102. The minimum Gasteiger partial charge on any atom is -0.298 e. The van der Waals surface area contributed by atoms with Crippen LogP contribution in [0.15, 0.2) is 23.6 Å². The third-order valence-electron chi connectivity index (χ3n) is 2.10. The summed E-state index contributed by atoms with van der Waals surface area (Å²) in [5, 5.41) is 4.23. The van der Waals surface area contributed by atoms with Crippen molar-refractivity contribution in [3.8, 4) is 0 Å². The van der Waals surface area contributed by atoms with Crippen molar-refractivity contribution < 1.29 is 9.59 Å². The van der Waals surface area contributed by atoms with Crippen LogP contribution in [0.4, 0.5) is 5.13 Å². The number of amides is 1. The van der Waals surface area contributed by atoms with Crippen molar-refractivity contribution in [1.29, 1.82) is 0 Å². The summed E-state index contributed by atoms with van der Waals surface area (Å²) < 4.78 is 0. The number of thiazole rings is 1. The molecule has 0 aliphatic rings. The van der Waals surface area contributed by atoms with Crippen molar-refractivity contribution in [2.45, 2.75) is 0 Å². The summed E-state index contributed by atoms with van der Waals surface area (Å²) in [6, 6.07) is 4.52. The number of benzene rings is 1. The van der Waals surface area contributed by atoms with Gasteiger partial charge in [-0.15, -0.1) is 11.3 Å². The van der Waals surface area contributed by atoms with Crippen LogP contribution in [0.25, 0.3) is 0 Å². The first kappa shape index (κ1) is 14.3. The second-order valence-electron chi connectivity index (χ2n) is 3.39. The van der Waals surface area contributed by atoms with Crippen molar-refractivity contribution in [3.63, 3.8) is 0 Å². The molecule has 0 aliphatic carbocycles. The van der Waals surface area contributed by atoms with Crippen LogP contribution in [0.3, 0.4) is 0 Å². The van der Waals surface area contributed by atoms with Gasteiger partial charge >= 0.3 is 0 Å². The molecule has 0 aliphatic heterocycles. The molecule has 2 rings (SSSR count). The van der Waals surface area contributed by atoms with Crippen LogP contribution in [0, 0.1) is 0 Å². The van der Waals surface area contributed by atoms with Gasteiger partial charge in [0.2, 0.25) is 0 Å². The lowest BCUT2D eigenvalue weighted by Gasteiger charge is -2.04. The summed E-state index contributed by atoms with van der Waals surface area (Å²) in [7, 11) is 0. The van der Waals surface area contributed by atoms with Crippen LogP contribution >= 0.6 is 46.1 Å². The number of nitrogens with zero attached hydrogens (tertiary/aromatic N) is 1. The number of carbonyl (C=O) groups is 2. The Morgan fingerprint density at radius 3 is 2.58 bits per heavy atom. The molecule has 4 nitrogen and oxygen atoms in total. The molecule has 2 aromatic rings. The predicted octanol–water partition coefficient (Wildman–Crippen LogP) is 4.08. The van der Waals surface area contributed by atoms with E-state index in [4.69, 9.17) is 34.8 Å². The highest BCUT2D eigenvalue weighted by atomic mass is 35.5. The monoisotopic (exact) mass is 334 g/mol. The Balaban J connectivity index is 2.18. The van der Waals surface area contributed by atoms with Crippen molar-refractivity contribution in [2.24, 2.45) is 0 Å². The molecule has 1 heterocycles. The Morgan fingerprint density at radius 1 is 1.26 bits per heavy atom. The Labute approximate surface area is 127 Å². The second-order valence-corrected chi connectivity index (χ2v) is 5.43. The Hall–Kier alpha value is -1.14. The molecular formula is C11H5Cl3N2O2S. The Bertz CT molecular complexity index is 657. The molecule has 0 fully saturated rings. The van der Waals surface area contributed by atoms with E-state index >= 15 is 0 Å². The molecule has 1 N–H and O–H groups in total. The highest BCUT2D eigenvalue weighted by Gasteiger charge is 2.14. The van der Waals surface area contributed by atoms with Gasteiger partial charge in [-0.3, -0.25) is 14.9 Å². The highest BCUT2D eigenvalue weighted by molar-refractivity contribution is 7.14. The van der Waals surface area contributed by atoms with Gasteiger partial charge in [0.05, 0.1) is 10.6 Å². The van der Waals surface area contributed by atoms with Crippen molar-refractivity contribution in [3.05, 3.63) is 44.9 Å². The van der Waals surface area contributed by atoms with Crippen molar-refractivity contribution in [2.75, 3.05) is 5.32 Å². The van der Waals surface area contributed by atoms with E-state index in [-0.39, 0.29) is 21.4 Å². The molecule has 0 unspecified atom stereocenters. The normalized spacial score (nSPS) is 10.3. The maximum absolute atomic E-state index is 11.9. The van der Waals surface area contributed by atoms with Gasteiger partial charge in [-0.1, -0.05) is 23.2 Å². The van der Waals surface area contributed by atoms with E-state index in [1.807, 2.05) is 0 Å². The van der Waals surface area contributed by atoms with Gasteiger partial charge in [-0.2, -0.15) is 0 Å². The topological polar surface area (TPSA) is 59.1 Å². The highest BCUT2D eigenvalue weighted by Crippen LogP contribution is 2.23. The Kier molecular flexibility index (Phi) is 4.42. The van der Waals surface area contributed by atoms with Gasteiger partial charge in [0.1, 0.15) is 5.69 Å². The van der Waals surface area contributed by atoms with Crippen LogP contribution in [-0.4, -0.2) is 16.1 Å². The van der Waals surface area contributed by atoms with E-state index in [1.165, 1.54) is 17.5 Å². The largest absolute Gasteiger partial charge is 0.298 e. The van der Waals surface area contributed by atoms with Gasteiger partial charge in [-0.05, 0) is 29.8 Å². The summed E-state index contributed by atoms with van der Waals surface area (Å²) >= 11 is 18.0. The number of rotatable bonds is 3. The number of nitrogens with one attached hydrogen (secondary N) is 1. The van der Waals surface area contributed by atoms with Gasteiger partial charge in [-0.25, -0.2) is 4.98 Å². The first-order valence-corrected chi connectivity index (χ1v) is 6.90. The summed E-state index contributed by atoms with van der Waals surface area (Å²) in [6.45, 7) is 0. The lowest BCUT2D eigenvalue weighted by atomic mass is 10.2. The average Bonchev–Trinajstić information content (AvgIpc) is 2.77. The van der Waals surface area contributed by atoms with E-state index in [2.05, 4.69) is 10.3 Å². The van der Waals surface area contributed by atoms with E-state index in [9.17, 15) is 9.59 Å². The molecular weight excluding hydrogens is 331 g/mol. The SMILES string of the molecule is O=C(Cl)c1csc(NC(=O)c2ccc(Cl)cc2Cl)n1. The van der Waals surface area contributed by atoms with E-state index in [1.54, 1.807) is 6.07 Å². The first-order chi connectivity index (χ1) is 8.97. The number of halogens is 3. The molecule has 8 heteroatoms. The predicted molar refractivity (Wildman–Crippen MR) is 76.7 cm³/mol. The zero-order chi connectivity index (χ0) is 14.0. The van der Waals surface area contributed by atoms with Gasteiger partial charge < -0.3 is 0 Å². The van der Waals surface area contributed by atoms with Crippen molar-refractivity contribution in [1.82, 2.24) is 4.98 Å². The molecule has 0 radical (unpaired) electrons. The molecule has 0 saturated heterocycles. The molecule has 0 saturated carbocycles. The number of aromatic nitrogens is 1.